The molecule has 126 valence electrons. The lowest BCUT2D eigenvalue weighted by atomic mass is 10.1. The summed E-state index contributed by atoms with van der Waals surface area (Å²) in [6.07, 6.45) is 1.96. The van der Waals surface area contributed by atoms with E-state index in [1.165, 1.54) is 0 Å². The number of hydrogen-bond acceptors (Lipinski definition) is 6. The number of nitrogens with zero attached hydrogens (tertiary/aromatic N) is 1. The Morgan fingerprint density at radius 2 is 1.25 bits per heavy atom. The van der Waals surface area contributed by atoms with Crippen LogP contribution in [0.1, 0.15) is 0 Å². The lowest BCUT2D eigenvalue weighted by Gasteiger charge is -2.07. The summed E-state index contributed by atoms with van der Waals surface area (Å²) in [5.41, 5.74) is -5.52. The molecule has 0 spiro atoms. The predicted molar refractivity (Wildman–Crippen MR) is 76.3 cm³/mol. The first kappa shape index (κ1) is 18.1. The minimum Gasteiger partial charge on any atom is -0.478 e. The van der Waals surface area contributed by atoms with Crippen LogP contribution in [0, 0.1) is 0 Å². The zero-order valence-corrected chi connectivity index (χ0v) is 11.5. The van der Waals surface area contributed by atoms with Crippen LogP contribution in [0.4, 0.5) is 0 Å². The van der Waals surface area contributed by atoms with Crippen molar-refractivity contribution in [3.05, 3.63) is 61.3 Å². The molecule has 12 nitrogen and oxygen atoms in total. The van der Waals surface area contributed by atoms with Crippen LogP contribution < -0.4 is 17.1 Å². The number of aliphatic carboxylic acids is 3. The van der Waals surface area contributed by atoms with Gasteiger partial charge in [-0.3, -0.25) is 9.97 Å². The van der Waals surface area contributed by atoms with Gasteiger partial charge >= 0.3 is 35.0 Å². The first-order valence-electron chi connectivity index (χ1n) is 5.89. The largest absolute Gasteiger partial charge is 0.478 e. The molecule has 0 fully saturated rings. The van der Waals surface area contributed by atoms with Crippen LogP contribution in [0.15, 0.2) is 44.3 Å². The van der Waals surface area contributed by atoms with Crippen LogP contribution in [0.5, 0.6) is 0 Å². The van der Waals surface area contributed by atoms with Gasteiger partial charge in [-0.25, -0.2) is 33.3 Å². The van der Waals surface area contributed by atoms with Crippen LogP contribution in [0.3, 0.4) is 0 Å². The van der Waals surface area contributed by atoms with Crippen LogP contribution >= 0.6 is 0 Å². The molecule has 0 saturated carbocycles. The molecule has 0 bridgehead atoms. The average Bonchev–Trinajstić information content (AvgIpc) is 2.42. The number of nitrogens with one attached hydrogen (secondary N) is 2. The summed E-state index contributed by atoms with van der Waals surface area (Å²) in [5, 5.41) is 26.3. The molecule has 24 heavy (non-hydrogen) atoms. The zero-order chi connectivity index (χ0) is 18.4. The summed E-state index contributed by atoms with van der Waals surface area (Å²) in [6.45, 7) is 0. The smallest absolute Gasteiger partial charge is 0.338 e. The highest BCUT2D eigenvalue weighted by Gasteiger charge is 2.16. The molecular weight excluding hydrogens is 330 g/mol. The molecule has 1 heterocycles. The topological polar surface area (TPSA) is 200 Å². The van der Waals surface area contributed by atoms with Crippen LogP contribution in [0.25, 0.3) is 5.70 Å². The van der Waals surface area contributed by atoms with Crippen molar-refractivity contribution in [3.8, 4) is 0 Å². The lowest BCUT2D eigenvalue weighted by Crippen LogP contribution is -2.43. The molecule has 1 rings (SSSR count). The van der Waals surface area contributed by atoms with E-state index in [4.69, 9.17) is 15.3 Å². The van der Waals surface area contributed by atoms with Gasteiger partial charge in [0.1, 0.15) is 0 Å². The maximum Gasteiger partial charge on any atom is 0.338 e. The molecule has 0 radical (unpaired) electrons. The Labute approximate surface area is 130 Å². The summed E-state index contributed by atoms with van der Waals surface area (Å²) < 4.78 is 0.135. The van der Waals surface area contributed by atoms with Gasteiger partial charge in [0, 0.05) is 12.2 Å². The predicted octanol–water partition coefficient (Wildman–Crippen LogP) is -2.20. The number of aromatic nitrogens is 3. The van der Waals surface area contributed by atoms with E-state index in [-0.39, 0.29) is 4.57 Å². The van der Waals surface area contributed by atoms with Crippen molar-refractivity contribution < 1.29 is 29.7 Å². The number of carbonyl (C=O) groups is 3. The minimum absolute atomic E-state index is 0.135. The van der Waals surface area contributed by atoms with Crippen molar-refractivity contribution in [1.82, 2.24) is 14.5 Å². The third kappa shape index (κ3) is 4.52. The molecular formula is C12H9N3O9. The van der Waals surface area contributed by atoms with E-state index in [1.54, 1.807) is 9.97 Å². The second-order valence-corrected chi connectivity index (χ2v) is 3.97. The van der Waals surface area contributed by atoms with E-state index in [2.05, 4.69) is 0 Å². The maximum absolute atomic E-state index is 11.8. The number of rotatable bonds is 6. The molecule has 1 aromatic rings. The molecule has 0 aliphatic rings. The molecule has 0 amide bonds. The van der Waals surface area contributed by atoms with Gasteiger partial charge in [-0.15, -0.1) is 0 Å². The monoisotopic (exact) mass is 339 g/mol. The molecule has 0 aromatic carbocycles. The minimum atomic E-state index is -1.75. The fraction of sp³-hybridized carbons (Fsp3) is 0. The number of aromatic amines is 2. The Bertz CT molecular complexity index is 921. The number of carboxylic acids is 3. The highest BCUT2D eigenvalue weighted by molar-refractivity contribution is 6.00. The maximum atomic E-state index is 11.8. The molecule has 0 saturated heterocycles. The first-order chi connectivity index (χ1) is 11.1. The fourth-order valence-corrected chi connectivity index (χ4v) is 1.50. The van der Waals surface area contributed by atoms with Gasteiger partial charge in [-0.05, 0) is 12.2 Å². The Hall–Kier alpha value is -3.96. The standard InChI is InChI=1S/C12H9N3O9/c16-7(17)3-1-5(9(20)21)6(2-4-8(18)19)15-11(23)13-10(22)14-12(15)24/h1-4H,(H,16,17)(H,18,19)(H,20,21)(H2,13,14,22,23,24). The van der Waals surface area contributed by atoms with Gasteiger partial charge in [0.05, 0.1) is 11.3 Å². The van der Waals surface area contributed by atoms with Crippen LogP contribution in [-0.4, -0.2) is 47.8 Å². The van der Waals surface area contributed by atoms with E-state index in [0.717, 1.165) is 0 Å². The van der Waals surface area contributed by atoms with Gasteiger partial charge in [-0.2, -0.15) is 0 Å². The second-order valence-electron chi connectivity index (χ2n) is 3.97. The van der Waals surface area contributed by atoms with E-state index in [9.17, 15) is 28.8 Å². The van der Waals surface area contributed by atoms with E-state index < -0.39 is 46.2 Å². The van der Waals surface area contributed by atoms with E-state index in [1.807, 2.05) is 0 Å². The van der Waals surface area contributed by atoms with Gasteiger partial charge in [-0.1, -0.05) is 0 Å². The zero-order valence-electron chi connectivity index (χ0n) is 11.5. The van der Waals surface area contributed by atoms with Crippen molar-refractivity contribution in [2.45, 2.75) is 0 Å². The molecule has 12 heteroatoms. The first-order valence-corrected chi connectivity index (χ1v) is 5.89. The third-order valence-corrected chi connectivity index (χ3v) is 2.37. The summed E-state index contributed by atoms with van der Waals surface area (Å²) in [5.74, 6) is -4.82. The number of carboxylic acid groups (broad SMARTS) is 3. The van der Waals surface area contributed by atoms with Gasteiger partial charge in [0.25, 0.3) is 0 Å². The normalized spacial score (nSPS) is 12.3. The molecule has 5 N–H and O–H groups in total. The van der Waals surface area contributed by atoms with E-state index in [0.29, 0.717) is 24.3 Å². The number of H-pyrrole nitrogens is 2. The SMILES string of the molecule is O=C(O)C=CC(C(=O)O)=C(C=CC(=O)O)n1c(=O)[nH]c(=O)[nH]c1=O. The molecule has 0 unspecified atom stereocenters. The summed E-state index contributed by atoms with van der Waals surface area (Å²) in [4.78, 5) is 70.2. The molecule has 0 atom stereocenters. The third-order valence-electron chi connectivity index (χ3n) is 2.37. The summed E-state index contributed by atoms with van der Waals surface area (Å²) >= 11 is 0. The highest BCUT2D eigenvalue weighted by atomic mass is 16.4. The Kier molecular flexibility index (Phi) is 5.54. The molecule has 1 aromatic heterocycles. The molecule has 0 aliphatic carbocycles. The quantitative estimate of drug-likeness (QED) is 0.282. The van der Waals surface area contributed by atoms with Gasteiger partial charge in [0.15, 0.2) is 0 Å². The summed E-state index contributed by atoms with van der Waals surface area (Å²) in [6, 6.07) is 0. The van der Waals surface area contributed by atoms with Crippen molar-refractivity contribution in [3.63, 3.8) is 0 Å². The van der Waals surface area contributed by atoms with Crippen molar-refractivity contribution >= 4 is 23.6 Å². The van der Waals surface area contributed by atoms with Crippen molar-refractivity contribution in [2.24, 2.45) is 0 Å². The van der Waals surface area contributed by atoms with E-state index >= 15 is 0 Å². The van der Waals surface area contributed by atoms with Crippen molar-refractivity contribution in [2.75, 3.05) is 0 Å². The Morgan fingerprint density at radius 1 is 0.792 bits per heavy atom. The molecule has 0 aliphatic heterocycles. The van der Waals surface area contributed by atoms with Gasteiger partial charge in [0.2, 0.25) is 0 Å². The highest BCUT2D eigenvalue weighted by Crippen LogP contribution is 2.11. The summed E-state index contributed by atoms with van der Waals surface area (Å²) in [7, 11) is 0. The Morgan fingerprint density at radius 3 is 1.67 bits per heavy atom. The van der Waals surface area contributed by atoms with Gasteiger partial charge < -0.3 is 15.3 Å². The van der Waals surface area contributed by atoms with Crippen LogP contribution in [-0.2, 0) is 14.4 Å². The lowest BCUT2D eigenvalue weighted by molar-refractivity contribution is -0.133. The van der Waals surface area contributed by atoms with Crippen LogP contribution in [0.2, 0.25) is 0 Å². The van der Waals surface area contributed by atoms with Crippen molar-refractivity contribution in [1.29, 1.82) is 0 Å². The Balaban J connectivity index is 3.90. The second kappa shape index (κ2) is 7.35. The number of allylic oxidation sites excluding steroid dienone is 2. The number of hydrogen-bond donors (Lipinski definition) is 5. The average molecular weight is 339 g/mol. The fourth-order valence-electron chi connectivity index (χ4n) is 1.50.